The van der Waals surface area contributed by atoms with Crippen molar-refractivity contribution in [3.05, 3.63) is 24.3 Å². The van der Waals surface area contributed by atoms with Crippen LogP contribution in [0.15, 0.2) is 24.3 Å². The number of hydrogen-bond donors (Lipinski definition) is 0. The number of carbonyl (C=O) groups is 3. The van der Waals surface area contributed by atoms with Crippen molar-refractivity contribution >= 4 is 23.4 Å². The molecule has 4 rings (SSSR count). The second-order valence-corrected chi connectivity index (χ2v) is 8.44. The topological polar surface area (TPSA) is 70.2 Å². The van der Waals surface area contributed by atoms with Crippen LogP contribution in [0.2, 0.25) is 0 Å². The Morgan fingerprint density at radius 2 is 1.63 bits per heavy atom. The highest BCUT2D eigenvalue weighted by Crippen LogP contribution is 2.31. The predicted octanol–water partition coefficient (Wildman–Crippen LogP) is 2.44. The first-order valence-corrected chi connectivity index (χ1v) is 11.2. The van der Waals surface area contributed by atoms with Gasteiger partial charge in [0.15, 0.2) is 0 Å². The molecule has 1 aromatic carbocycles. The summed E-state index contributed by atoms with van der Waals surface area (Å²) in [7, 11) is 0. The molecule has 0 spiro atoms. The van der Waals surface area contributed by atoms with E-state index in [0.29, 0.717) is 44.0 Å². The summed E-state index contributed by atoms with van der Waals surface area (Å²) in [5.74, 6) is 0.747. The fourth-order valence-corrected chi connectivity index (χ4v) is 4.65. The van der Waals surface area contributed by atoms with E-state index in [0.717, 1.165) is 25.9 Å². The summed E-state index contributed by atoms with van der Waals surface area (Å²) in [4.78, 5) is 43.8. The van der Waals surface area contributed by atoms with Gasteiger partial charge in [-0.3, -0.25) is 19.3 Å². The Labute approximate surface area is 177 Å². The molecule has 0 unspecified atom stereocenters. The Hall–Kier alpha value is -2.57. The maximum absolute atomic E-state index is 13.0. The Morgan fingerprint density at radius 3 is 2.37 bits per heavy atom. The fraction of sp³-hybridized carbons (Fsp3) is 0.609. The largest absolute Gasteiger partial charge is 0.491 e. The number of amides is 3. The van der Waals surface area contributed by atoms with Gasteiger partial charge >= 0.3 is 0 Å². The lowest BCUT2D eigenvalue weighted by Gasteiger charge is -2.35. The molecule has 0 bridgehead atoms. The molecule has 2 saturated heterocycles. The summed E-state index contributed by atoms with van der Waals surface area (Å²) in [6.07, 6.45) is 6.27. The third-order valence-corrected chi connectivity index (χ3v) is 6.44. The molecule has 0 atom stereocenters. The van der Waals surface area contributed by atoms with Gasteiger partial charge in [0.25, 0.3) is 0 Å². The highest BCUT2D eigenvalue weighted by Gasteiger charge is 2.32. The molecular weight excluding hydrogens is 382 g/mol. The average Bonchev–Trinajstić information content (AvgIpc) is 3.14. The third-order valence-electron chi connectivity index (χ3n) is 6.44. The number of anilines is 1. The lowest BCUT2D eigenvalue weighted by molar-refractivity contribution is -0.140. The van der Waals surface area contributed by atoms with Gasteiger partial charge in [-0.05, 0) is 37.8 Å². The Kier molecular flexibility index (Phi) is 6.55. The van der Waals surface area contributed by atoms with Gasteiger partial charge in [-0.15, -0.1) is 0 Å². The molecule has 2 fully saturated rings. The number of ether oxygens (including phenoxy) is 1. The fourth-order valence-electron chi connectivity index (χ4n) is 4.65. The van der Waals surface area contributed by atoms with Gasteiger partial charge in [-0.25, -0.2) is 0 Å². The highest BCUT2D eigenvalue weighted by atomic mass is 16.5. The van der Waals surface area contributed by atoms with E-state index in [1.54, 1.807) is 9.80 Å². The van der Waals surface area contributed by atoms with Gasteiger partial charge in [0.1, 0.15) is 12.3 Å². The van der Waals surface area contributed by atoms with E-state index in [1.807, 2.05) is 29.2 Å². The van der Waals surface area contributed by atoms with E-state index >= 15 is 0 Å². The van der Waals surface area contributed by atoms with Crippen LogP contribution in [0.4, 0.5) is 5.69 Å². The Morgan fingerprint density at radius 1 is 0.933 bits per heavy atom. The monoisotopic (exact) mass is 413 g/mol. The van der Waals surface area contributed by atoms with Crippen molar-refractivity contribution in [1.29, 1.82) is 0 Å². The molecule has 0 aromatic heterocycles. The Bertz CT molecular complexity index is 780. The number of hydrogen-bond acceptors (Lipinski definition) is 4. The molecule has 7 heteroatoms. The molecule has 0 N–H and O–H groups in total. The number of piperidine rings is 1. The number of likely N-dealkylation sites (tertiary alicyclic amines) is 2. The molecule has 162 valence electrons. The number of rotatable bonds is 3. The molecule has 0 radical (unpaired) electrons. The second kappa shape index (κ2) is 9.49. The van der Waals surface area contributed by atoms with Crippen molar-refractivity contribution in [2.45, 2.75) is 44.9 Å². The average molecular weight is 414 g/mol. The zero-order valence-corrected chi connectivity index (χ0v) is 17.6. The van der Waals surface area contributed by atoms with Crippen molar-refractivity contribution < 1.29 is 19.1 Å². The lowest BCUT2D eigenvalue weighted by atomic mass is 9.95. The summed E-state index contributed by atoms with van der Waals surface area (Å²) in [6.45, 7) is 3.23. The third kappa shape index (κ3) is 4.60. The summed E-state index contributed by atoms with van der Waals surface area (Å²) in [5, 5.41) is 0. The van der Waals surface area contributed by atoms with Gasteiger partial charge < -0.3 is 14.5 Å². The highest BCUT2D eigenvalue weighted by molar-refractivity contribution is 6.00. The lowest BCUT2D eigenvalue weighted by Crippen LogP contribution is -2.48. The van der Waals surface area contributed by atoms with Crippen LogP contribution >= 0.6 is 0 Å². The van der Waals surface area contributed by atoms with Crippen LogP contribution < -0.4 is 9.64 Å². The second-order valence-electron chi connectivity index (χ2n) is 8.44. The van der Waals surface area contributed by atoms with Crippen molar-refractivity contribution in [3.8, 4) is 5.75 Å². The number of benzene rings is 1. The quantitative estimate of drug-likeness (QED) is 0.763. The first kappa shape index (κ1) is 20.7. The number of para-hydroxylation sites is 2. The molecule has 3 heterocycles. The summed E-state index contributed by atoms with van der Waals surface area (Å²) < 4.78 is 5.65. The Balaban J connectivity index is 1.34. The first-order valence-electron chi connectivity index (χ1n) is 11.2. The maximum Gasteiger partial charge on any atom is 0.242 e. The first-order chi connectivity index (χ1) is 14.6. The van der Waals surface area contributed by atoms with Crippen LogP contribution in [-0.4, -0.2) is 66.9 Å². The van der Waals surface area contributed by atoms with E-state index < -0.39 is 0 Å². The van der Waals surface area contributed by atoms with Crippen molar-refractivity contribution in [2.75, 3.05) is 44.2 Å². The van der Waals surface area contributed by atoms with Gasteiger partial charge in [0, 0.05) is 32.1 Å². The number of fused-ring (bicyclic) bond motifs is 1. The summed E-state index contributed by atoms with van der Waals surface area (Å²) >= 11 is 0. The molecule has 0 aliphatic carbocycles. The molecule has 1 aromatic rings. The van der Waals surface area contributed by atoms with E-state index in [-0.39, 0.29) is 36.6 Å². The minimum Gasteiger partial charge on any atom is -0.491 e. The van der Waals surface area contributed by atoms with Crippen molar-refractivity contribution in [1.82, 2.24) is 9.80 Å². The van der Waals surface area contributed by atoms with E-state index in [2.05, 4.69) is 0 Å². The zero-order valence-electron chi connectivity index (χ0n) is 17.6. The molecule has 7 nitrogen and oxygen atoms in total. The summed E-state index contributed by atoms with van der Waals surface area (Å²) in [5.41, 5.74) is 0.652. The van der Waals surface area contributed by atoms with Crippen LogP contribution in [0.25, 0.3) is 0 Å². The smallest absolute Gasteiger partial charge is 0.242 e. The normalized spacial score (nSPS) is 20.8. The minimum absolute atomic E-state index is 0.0149. The van der Waals surface area contributed by atoms with Crippen LogP contribution in [0.1, 0.15) is 44.9 Å². The van der Waals surface area contributed by atoms with Gasteiger partial charge in [-0.2, -0.15) is 0 Å². The molecule has 3 amide bonds. The molecule has 3 aliphatic rings. The molecule has 0 saturated carbocycles. The zero-order chi connectivity index (χ0) is 20.9. The van der Waals surface area contributed by atoms with E-state index in [4.69, 9.17) is 4.74 Å². The predicted molar refractivity (Wildman–Crippen MR) is 113 cm³/mol. The minimum atomic E-state index is -0.0977. The van der Waals surface area contributed by atoms with Crippen LogP contribution in [0.3, 0.4) is 0 Å². The van der Waals surface area contributed by atoms with Gasteiger partial charge in [-0.1, -0.05) is 25.0 Å². The van der Waals surface area contributed by atoms with Crippen molar-refractivity contribution in [2.24, 2.45) is 5.92 Å². The number of carbonyl (C=O) groups excluding carboxylic acids is 3. The SMILES string of the molecule is O=C(CN1C(=O)CCOc2ccccc21)N1CCC(C(=O)N2CCCCCC2)CC1. The number of nitrogens with zero attached hydrogens (tertiary/aromatic N) is 3. The molecule has 3 aliphatic heterocycles. The van der Waals surface area contributed by atoms with E-state index in [9.17, 15) is 14.4 Å². The summed E-state index contributed by atoms with van der Waals surface area (Å²) in [6, 6.07) is 7.35. The van der Waals surface area contributed by atoms with Crippen LogP contribution in [0.5, 0.6) is 5.75 Å². The van der Waals surface area contributed by atoms with Gasteiger partial charge in [0.05, 0.1) is 18.7 Å². The standard InChI is InChI=1S/C23H31N3O4/c27-21-11-16-30-20-8-4-3-7-19(20)26(21)17-22(28)24-14-9-18(10-15-24)23(29)25-12-5-1-2-6-13-25/h3-4,7-8,18H,1-2,5-6,9-17H2. The maximum atomic E-state index is 13.0. The van der Waals surface area contributed by atoms with Gasteiger partial charge in [0.2, 0.25) is 17.7 Å². The molecular formula is C23H31N3O4. The van der Waals surface area contributed by atoms with Crippen molar-refractivity contribution in [3.63, 3.8) is 0 Å². The van der Waals surface area contributed by atoms with Crippen LogP contribution in [0, 0.1) is 5.92 Å². The van der Waals surface area contributed by atoms with E-state index in [1.165, 1.54) is 12.8 Å². The van der Waals surface area contributed by atoms with Crippen LogP contribution in [-0.2, 0) is 14.4 Å². The molecule has 30 heavy (non-hydrogen) atoms.